The van der Waals surface area contributed by atoms with Gasteiger partial charge in [-0.15, -0.1) is 0 Å². The van der Waals surface area contributed by atoms with Gasteiger partial charge in [0, 0.05) is 4.91 Å². The van der Waals surface area contributed by atoms with E-state index in [1.807, 2.05) is 0 Å². The number of nitrogens with zero attached hydrogens (tertiary/aromatic N) is 5. The molecule has 3 heterocycles. The van der Waals surface area contributed by atoms with Gasteiger partial charge in [0.1, 0.15) is 10.9 Å². The van der Waals surface area contributed by atoms with Crippen molar-refractivity contribution in [2.75, 3.05) is 5.73 Å². The summed E-state index contributed by atoms with van der Waals surface area (Å²) < 4.78 is 7.02. The van der Waals surface area contributed by atoms with Crippen molar-refractivity contribution >= 4 is 27.6 Å². The Balaban J connectivity index is 2.14. The summed E-state index contributed by atoms with van der Waals surface area (Å²) in [7, 11) is 0. The van der Waals surface area contributed by atoms with Gasteiger partial charge in [-0.3, -0.25) is 19.1 Å². The third kappa shape index (κ3) is 2.65. The van der Waals surface area contributed by atoms with Crippen molar-refractivity contribution in [1.82, 2.24) is 14.5 Å². The number of aromatic amines is 1. The number of nitrogens with one attached hydrogen (secondary N) is 1. The third-order valence-electron chi connectivity index (χ3n) is 3.91. The Bertz CT molecular complexity index is 928. The van der Waals surface area contributed by atoms with Gasteiger partial charge in [0.25, 0.3) is 5.56 Å². The summed E-state index contributed by atoms with van der Waals surface area (Å²) >= 11 is 0.705. The normalized spacial score (nSPS) is 24.8. The number of ether oxygens (including phenoxy) is 1. The number of thiazole rings is 1. The van der Waals surface area contributed by atoms with E-state index >= 15 is 0 Å². The van der Waals surface area contributed by atoms with Crippen LogP contribution in [0.2, 0.25) is 0 Å². The molecule has 11 nitrogen and oxygen atoms in total. The van der Waals surface area contributed by atoms with Gasteiger partial charge in [-0.25, -0.2) is 0 Å². The molecule has 0 aromatic carbocycles. The maximum absolute atomic E-state index is 12.4. The van der Waals surface area contributed by atoms with E-state index in [-0.39, 0.29) is 22.7 Å². The van der Waals surface area contributed by atoms with Crippen LogP contribution in [0.25, 0.3) is 20.8 Å². The Labute approximate surface area is 138 Å². The summed E-state index contributed by atoms with van der Waals surface area (Å²) in [5.74, 6) is -0.137. The van der Waals surface area contributed by atoms with Gasteiger partial charge in [0.05, 0.1) is 18.2 Å². The molecule has 2 aromatic heterocycles. The highest BCUT2D eigenvalue weighted by molar-refractivity contribution is 7.16. The van der Waals surface area contributed by atoms with E-state index in [4.69, 9.17) is 16.0 Å². The molecule has 4 atom stereocenters. The van der Waals surface area contributed by atoms with Crippen LogP contribution in [0.15, 0.2) is 14.7 Å². The van der Waals surface area contributed by atoms with Gasteiger partial charge >= 0.3 is 4.87 Å². The summed E-state index contributed by atoms with van der Waals surface area (Å²) in [6, 6.07) is -0.709. The third-order valence-corrected chi connectivity index (χ3v) is 4.85. The molecule has 1 aliphatic heterocycles. The number of fused-ring (bicyclic) bond motifs is 1. The average molecular weight is 353 g/mol. The van der Waals surface area contributed by atoms with Crippen LogP contribution in [-0.2, 0) is 4.74 Å². The molecule has 0 spiro atoms. The molecule has 128 valence electrons. The molecule has 0 aliphatic carbocycles. The molecule has 1 saturated heterocycles. The van der Waals surface area contributed by atoms with E-state index < -0.39 is 34.9 Å². The van der Waals surface area contributed by atoms with Gasteiger partial charge in [-0.05, 0) is 18.4 Å². The van der Waals surface area contributed by atoms with E-state index in [9.17, 15) is 14.7 Å². The van der Waals surface area contributed by atoms with Crippen molar-refractivity contribution in [3.63, 3.8) is 0 Å². The molecule has 0 radical (unpaired) electrons. The molecule has 4 N–H and O–H groups in total. The van der Waals surface area contributed by atoms with Crippen LogP contribution < -0.4 is 16.2 Å². The van der Waals surface area contributed by atoms with Gasteiger partial charge in [0.2, 0.25) is 5.95 Å². The Morgan fingerprint density at radius 2 is 2.42 bits per heavy atom. The van der Waals surface area contributed by atoms with Crippen molar-refractivity contribution in [3.8, 4) is 0 Å². The zero-order valence-corrected chi connectivity index (χ0v) is 13.4. The summed E-state index contributed by atoms with van der Waals surface area (Å²) in [6.07, 6.45) is -1.59. The Morgan fingerprint density at radius 3 is 3.08 bits per heavy atom. The smallest absolute Gasteiger partial charge is 0.311 e. The van der Waals surface area contributed by atoms with E-state index in [2.05, 4.69) is 20.0 Å². The fourth-order valence-corrected chi connectivity index (χ4v) is 3.61. The van der Waals surface area contributed by atoms with E-state index in [1.54, 1.807) is 6.92 Å². The number of H-pyrrole nitrogens is 1. The SMILES string of the molecule is CCC(O)[C@@H]1C[C@@H](N=[N+]=[N-])[C@H](n2c(=O)sc3c(=O)[nH]c(N)nc32)O1. The largest absolute Gasteiger partial charge is 0.390 e. The Morgan fingerprint density at radius 1 is 1.67 bits per heavy atom. The molecule has 0 saturated carbocycles. The number of rotatable bonds is 4. The predicted octanol–water partition coefficient (Wildman–Crippen LogP) is 0.466. The van der Waals surface area contributed by atoms with Crippen LogP contribution in [-0.4, -0.2) is 37.9 Å². The van der Waals surface area contributed by atoms with E-state index in [0.29, 0.717) is 17.8 Å². The van der Waals surface area contributed by atoms with Gasteiger partial charge < -0.3 is 15.6 Å². The maximum Gasteiger partial charge on any atom is 0.311 e. The molecule has 1 fully saturated rings. The molecular weight excluding hydrogens is 338 g/mol. The number of anilines is 1. The molecule has 24 heavy (non-hydrogen) atoms. The predicted molar refractivity (Wildman–Crippen MR) is 86.7 cm³/mol. The number of aromatic nitrogens is 3. The lowest BCUT2D eigenvalue weighted by Crippen LogP contribution is -2.28. The minimum absolute atomic E-state index is 0.0704. The molecule has 1 aliphatic rings. The van der Waals surface area contributed by atoms with E-state index in [1.165, 1.54) is 0 Å². The first-order chi connectivity index (χ1) is 11.5. The Hall–Kier alpha value is -2.40. The van der Waals surface area contributed by atoms with Gasteiger partial charge in [0.15, 0.2) is 5.65 Å². The zero-order valence-electron chi connectivity index (χ0n) is 12.6. The minimum Gasteiger partial charge on any atom is -0.390 e. The molecule has 0 bridgehead atoms. The quantitative estimate of drug-likeness (QED) is 0.409. The van der Waals surface area contributed by atoms with Crippen LogP contribution in [0.4, 0.5) is 5.95 Å². The fourth-order valence-electron chi connectivity index (χ4n) is 2.76. The highest BCUT2D eigenvalue weighted by Gasteiger charge is 2.40. The number of aliphatic hydroxyl groups is 1. The summed E-state index contributed by atoms with van der Waals surface area (Å²) in [5.41, 5.74) is 13.9. The number of aliphatic hydroxyl groups excluding tert-OH is 1. The van der Waals surface area contributed by atoms with Crippen molar-refractivity contribution in [1.29, 1.82) is 0 Å². The fraction of sp³-hybridized carbons (Fsp3) is 0.583. The number of azide groups is 1. The first-order valence-corrected chi connectivity index (χ1v) is 8.06. The van der Waals surface area contributed by atoms with Crippen LogP contribution in [0.1, 0.15) is 26.0 Å². The minimum atomic E-state index is -0.956. The number of hydrogen-bond acceptors (Lipinski definition) is 8. The first-order valence-electron chi connectivity index (χ1n) is 7.24. The second kappa shape index (κ2) is 6.24. The molecule has 2 aromatic rings. The van der Waals surface area contributed by atoms with Gasteiger partial charge in [-0.1, -0.05) is 23.4 Å². The van der Waals surface area contributed by atoms with Crippen molar-refractivity contribution in [2.24, 2.45) is 5.11 Å². The lowest BCUT2D eigenvalue weighted by atomic mass is 10.1. The van der Waals surface area contributed by atoms with E-state index in [0.717, 1.165) is 4.57 Å². The standard InChI is InChI=1S/C12H15N7O4S/c1-2-5(20)6-3-4(17-18-14)10(23-6)19-8-7(24-12(19)22)9(21)16-11(13)15-8/h4-6,10,20H,2-3H2,1H3,(H3,13,15,16,21)/t4-,5?,6+,10-/m1/s1. The second-order valence-electron chi connectivity index (χ2n) is 5.39. The number of hydrogen-bond donors (Lipinski definition) is 3. The average Bonchev–Trinajstić information content (AvgIpc) is 3.08. The van der Waals surface area contributed by atoms with Crippen molar-refractivity contribution < 1.29 is 9.84 Å². The summed E-state index contributed by atoms with van der Waals surface area (Å²) in [4.78, 5) is 32.9. The monoisotopic (exact) mass is 353 g/mol. The molecule has 3 rings (SSSR count). The molecular formula is C12H15N7O4S. The van der Waals surface area contributed by atoms with Crippen molar-refractivity contribution in [3.05, 3.63) is 30.5 Å². The zero-order chi connectivity index (χ0) is 17.4. The second-order valence-corrected chi connectivity index (χ2v) is 6.35. The first kappa shape index (κ1) is 16.5. The van der Waals surface area contributed by atoms with Crippen LogP contribution >= 0.6 is 11.3 Å². The van der Waals surface area contributed by atoms with Crippen molar-refractivity contribution in [2.45, 2.75) is 44.2 Å². The number of nitrogens with two attached hydrogens (primary N) is 1. The summed E-state index contributed by atoms with van der Waals surface area (Å²) in [5, 5.41) is 13.7. The highest BCUT2D eigenvalue weighted by atomic mass is 32.1. The highest BCUT2D eigenvalue weighted by Crippen LogP contribution is 2.34. The molecule has 12 heteroatoms. The van der Waals surface area contributed by atoms with Gasteiger partial charge in [-0.2, -0.15) is 4.98 Å². The summed E-state index contributed by atoms with van der Waals surface area (Å²) in [6.45, 7) is 1.79. The number of nitrogen functional groups attached to an aromatic ring is 1. The lowest BCUT2D eigenvalue weighted by molar-refractivity contribution is -0.0609. The van der Waals surface area contributed by atoms with Crippen LogP contribution in [0.5, 0.6) is 0 Å². The topological polar surface area (TPSA) is 172 Å². The molecule has 1 unspecified atom stereocenters. The lowest BCUT2D eigenvalue weighted by Gasteiger charge is -2.19. The Kier molecular flexibility index (Phi) is 4.28. The maximum atomic E-state index is 12.4. The van der Waals surface area contributed by atoms with Crippen LogP contribution in [0, 0.1) is 0 Å². The molecule has 0 amide bonds. The van der Waals surface area contributed by atoms with Crippen LogP contribution in [0.3, 0.4) is 0 Å².